The average Bonchev–Trinajstić information content (AvgIpc) is 3.81. The lowest BCUT2D eigenvalue weighted by Gasteiger charge is -2.38. The zero-order chi connectivity index (χ0) is 32.5. The molecule has 0 atom stereocenters. The summed E-state index contributed by atoms with van der Waals surface area (Å²) in [4.78, 5) is 39.4. The number of benzene rings is 1. The van der Waals surface area contributed by atoms with Crippen LogP contribution in [-0.4, -0.2) is 70.9 Å². The number of aliphatic hydroxyl groups excluding tert-OH is 1. The van der Waals surface area contributed by atoms with E-state index in [0.29, 0.717) is 74.6 Å². The molecule has 3 saturated carbocycles. The molecule has 0 radical (unpaired) electrons. The van der Waals surface area contributed by atoms with Gasteiger partial charge in [0.15, 0.2) is 11.7 Å². The van der Waals surface area contributed by atoms with Crippen LogP contribution in [0.15, 0.2) is 47.1 Å². The smallest absolute Gasteiger partial charge is 0.410 e. The zero-order valence-electron chi connectivity index (χ0n) is 27.5. The number of aryl methyl sites for hydroxylation is 1. The zero-order valence-corrected chi connectivity index (χ0v) is 27.5. The Bertz CT molecular complexity index is 1560. The van der Waals surface area contributed by atoms with Crippen molar-refractivity contribution in [3.8, 4) is 17.1 Å². The number of carbonyl (C=O) groups excluding carboxylic acids is 2. The molecule has 47 heavy (non-hydrogen) atoms. The van der Waals surface area contributed by atoms with Gasteiger partial charge in [-0.2, -0.15) is 0 Å². The summed E-state index contributed by atoms with van der Waals surface area (Å²) in [6.07, 6.45) is 11.6. The summed E-state index contributed by atoms with van der Waals surface area (Å²) >= 11 is 0. The minimum atomic E-state index is -0.458. The van der Waals surface area contributed by atoms with E-state index in [1.807, 2.05) is 17.0 Å². The maximum absolute atomic E-state index is 14.3. The Morgan fingerprint density at radius 3 is 2.38 bits per heavy atom. The fourth-order valence-corrected chi connectivity index (χ4v) is 7.52. The number of hydrogen-bond donors (Lipinski definition) is 1. The van der Waals surface area contributed by atoms with Crippen molar-refractivity contribution >= 4 is 17.8 Å². The number of carbonyl (C=O) groups is 2. The minimum Gasteiger partial charge on any atom is -0.496 e. The number of aliphatic hydroxyl groups is 1. The first kappa shape index (κ1) is 31.7. The summed E-state index contributed by atoms with van der Waals surface area (Å²) in [5.74, 6) is 4.29. The molecule has 7 rings (SSSR count). The number of ether oxygens (including phenoxy) is 2. The van der Waals surface area contributed by atoms with E-state index < -0.39 is 6.10 Å². The summed E-state index contributed by atoms with van der Waals surface area (Å²) in [6.45, 7) is 3.37. The minimum absolute atomic E-state index is 0.0921. The largest absolute Gasteiger partial charge is 0.496 e. The lowest BCUT2D eigenvalue weighted by molar-refractivity contribution is -0.124. The summed E-state index contributed by atoms with van der Waals surface area (Å²) in [6, 6.07) is 10.4. The molecule has 2 aromatic heterocycles. The van der Waals surface area contributed by atoms with Crippen LogP contribution >= 0.6 is 0 Å². The Hall–Kier alpha value is -3.92. The molecule has 10 nitrogen and oxygen atoms in total. The van der Waals surface area contributed by atoms with Crippen molar-refractivity contribution in [3.63, 3.8) is 0 Å². The number of methoxy groups -OCH3 is 1. The van der Waals surface area contributed by atoms with Gasteiger partial charge in [-0.1, -0.05) is 12.1 Å². The molecule has 3 aromatic rings. The topological polar surface area (TPSA) is 118 Å². The van der Waals surface area contributed by atoms with Crippen LogP contribution in [0, 0.1) is 18.8 Å². The van der Waals surface area contributed by atoms with Gasteiger partial charge in [0.1, 0.15) is 17.7 Å². The van der Waals surface area contributed by atoms with Crippen molar-refractivity contribution < 1.29 is 28.6 Å². The quantitative estimate of drug-likeness (QED) is 0.277. The van der Waals surface area contributed by atoms with Gasteiger partial charge in [0.2, 0.25) is 5.91 Å². The fourth-order valence-electron chi connectivity index (χ4n) is 7.52. The van der Waals surface area contributed by atoms with Crippen LogP contribution < -0.4 is 9.64 Å². The SMILES string of the molecule is COc1ccc([C@H]2CC[C@H](CN(c3cc(-c4cnc(C5CC5)o4)ccn3)C(=O)[C@H]3CC[C@H](OC(=O)N4CC(O)C4)CC3)CC2)cc1C. The number of likely N-dealkylation sites (tertiary alicyclic amines) is 1. The van der Waals surface area contributed by atoms with E-state index in [9.17, 15) is 14.7 Å². The first-order chi connectivity index (χ1) is 22.8. The van der Waals surface area contributed by atoms with Gasteiger partial charge < -0.3 is 23.9 Å². The van der Waals surface area contributed by atoms with E-state index in [4.69, 9.17) is 18.9 Å². The van der Waals surface area contributed by atoms with Gasteiger partial charge in [0.25, 0.3) is 0 Å². The van der Waals surface area contributed by atoms with Crippen LogP contribution in [0.2, 0.25) is 0 Å². The molecule has 4 aliphatic rings. The predicted molar refractivity (Wildman–Crippen MR) is 176 cm³/mol. The third-order valence-corrected chi connectivity index (χ3v) is 10.6. The molecule has 0 unspecified atom stereocenters. The van der Waals surface area contributed by atoms with Crippen molar-refractivity contribution in [3.05, 3.63) is 59.7 Å². The number of aromatic nitrogens is 2. The molecule has 4 fully saturated rings. The molecule has 0 bridgehead atoms. The molecule has 3 aliphatic carbocycles. The Kier molecular flexibility index (Phi) is 9.21. The molecule has 0 spiro atoms. The normalized spacial score (nSPS) is 24.8. The Morgan fingerprint density at radius 1 is 0.957 bits per heavy atom. The second-order valence-corrected chi connectivity index (χ2v) is 14.1. The second kappa shape index (κ2) is 13.7. The van der Waals surface area contributed by atoms with E-state index in [-0.39, 0.29) is 24.0 Å². The summed E-state index contributed by atoms with van der Waals surface area (Å²) in [5.41, 5.74) is 3.40. The molecule has 1 aliphatic heterocycles. The van der Waals surface area contributed by atoms with Gasteiger partial charge in [0, 0.05) is 30.1 Å². The maximum atomic E-state index is 14.3. The van der Waals surface area contributed by atoms with Crippen LogP contribution in [0.3, 0.4) is 0 Å². The number of hydrogen-bond acceptors (Lipinski definition) is 8. The van der Waals surface area contributed by atoms with Crippen LogP contribution in [0.25, 0.3) is 11.3 Å². The summed E-state index contributed by atoms with van der Waals surface area (Å²) in [7, 11) is 1.71. The first-order valence-corrected chi connectivity index (χ1v) is 17.4. The number of β-amino-alcohol motifs (C(OH)–C–C–N with tert-alkyl or cyclic N) is 1. The maximum Gasteiger partial charge on any atom is 0.410 e. The van der Waals surface area contributed by atoms with E-state index >= 15 is 0 Å². The van der Waals surface area contributed by atoms with E-state index in [1.165, 1.54) is 10.5 Å². The van der Waals surface area contributed by atoms with Crippen molar-refractivity contribution in [2.24, 2.45) is 11.8 Å². The highest BCUT2D eigenvalue weighted by Crippen LogP contribution is 2.41. The van der Waals surface area contributed by atoms with Gasteiger partial charge in [-0.3, -0.25) is 9.69 Å². The molecule has 3 heterocycles. The third kappa shape index (κ3) is 7.17. The monoisotopic (exact) mass is 642 g/mol. The second-order valence-electron chi connectivity index (χ2n) is 14.1. The van der Waals surface area contributed by atoms with Gasteiger partial charge in [-0.05, 0) is 112 Å². The first-order valence-electron chi connectivity index (χ1n) is 17.4. The predicted octanol–water partition coefficient (Wildman–Crippen LogP) is 6.61. The van der Waals surface area contributed by atoms with Gasteiger partial charge in [0.05, 0.1) is 32.5 Å². The summed E-state index contributed by atoms with van der Waals surface area (Å²) < 4.78 is 17.3. The molecule has 1 N–H and O–H groups in total. The number of oxazole rings is 1. The highest BCUT2D eigenvalue weighted by atomic mass is 16.6. The highest BCUT2D eigenvalue weighted by molar-refractivity contribution is 5.94. The van der Waals surface area contributed by atoms with Gasteiger partial charge in [-0.15, -0.1) is 0 Å². The van der Waals surface area contributed by atoms with Gasteiger partial charge in [-0.25, -0.2) is 14.8 Å². The van der Waals surface area contributed by atoms with Crippen molar-refractivity contribution in [2.75, 3.05) is 31.6 Å². The number of anilines is 1. The lowest BCUT2D eigenvalue weighted by atomic mass is 9.78. The average molecular weight is 643 g/mol. The standard InChI is InChI=1S/C37H46N4O6/c1-23-17-28(11-14-32(23)45-2)25-5-3-24(4-6-25)20-41(34-18-29(15-16-38-34)33-19-39-35(47-33)26-7-8-26)36(43)27-9-12-31(13-10-27)46-37(44)40-21-30(42)22-40/h11,14-19,24-27,30-31,42H,3-10,12-13,20-22H2,1-2H3/t24-,25-,27-,31-. The van der Waals surface area contributed by atoms with Crippen LogP contribution in [0.4, 0.5) is 10.6 Å². The van der Waals surface area contributed by atoms with E-state index in [1.54, 1.807) is 19.5 Å². The highest BCUT2D eigenvalue weighted by Gasteiger charge is 2.36. The molecule has 2 amide bonds. The van der Waals surface area contributed by atoms with E-state index in [0.717, 1.165) is 61.3 Å². The van der Waals surface area contributed by atoms with E-state index in [2.05, 4.69) is 30.1 Å². The van der Waals surface area contributed by atoms with Crippen molar-refractivity contribution in [1.29, 1.82) is 0 Å². The molecular weight excluding hydrogens is 596 g/mol. The number of pyridine rings is 1. The molecule has 1 saturated heterocycles. The van der Waals surface area contributed by atoms with Crippen LogP contribution in [0.5, 0.6) is 5.75 Å². The lowest BCUT2D eigenvalue weighted by Crippen LogP contribution is -2.54. The molecule has 1 aromatic carbocycles. The third-order valence-electron chi connectivity index (χ3n) is 10.6. The molecule has 250 valence electrons. The van der Waals surface area contributed by atoms with Crippen LogP contribution in [0.1, 0.15) is 93.1 Å². The molecular formula is C37H46N4O6. The summed E-state index contributed by atoms with van der Waals surface area (Å²) in [5, 5.41) is 9.52. The van der Waals surface area contributed by atoms with Crippen molar-refractivity contribution in [1.82, 2.24) is 14.9 Å². The molecule has 10 heteroatoms. The Morgan fingerprint density at radius 2 is 1.70 bits per heavy atom. The number of rotatable bonds is 9. The van der Waals surface area contributed by atoms with Gasteiger partial charge >= 0.3 is 6.09 Å². The Balaban J connectivity index is 1.04. The Labute approximate surface area is 276 Å². The van der Waals surface area contributed by atoms with Crippen molar-refractivity contribution in [2.45, 2.75) is 95.2 Å². The number of nitrogens with zero attached hydrogens (tertiary/aromatic N) is 4. The fraction of sp³-hybridized carbons (Fsp3) is 0.568. The van der Waals surface area contributed by atoms with Crippen LogP contribution in [-0.2, 0) is 9.53 Å². The number of amides is 2.